The average Bonchev–Trinajstić information content (AvgIpc) is 2.70. The summed E-state index contributed by atoms with van der Waals surface area (Å²) in [6.45, 7) is 2.05. The summed E-state index contributed by atoms with van der Waals surface area (Å²) in [7, 11) is 0. The maximum absolute atomic E-state index is 6.42. The van der Waals surface area contributed by atoms with Gasteiger partial charge in [-0.05, 0) is 41.6 Å². The maximum atomic E-state index is 6.42. The van der Waals surface area contributed by atoms with Crippen molar-refractivity contribution in [2.75, 3.05) is 0 Å². The first-order valence-corrected chi connectivity index (χ1v) is 6.78. The van der Waals surface area contributed by atoms with Gasteiger partial charge in [-0.15, -0.1) is 22.9 Å². The minimum atomic E-state index is 0.0240. The monoisotopic (exact) mass is 270 g/mol. The van der Waals surface area contributed by atoms with Gasteiger partial charge in [0.15, 0.2) is 0 Å². The van der Waals surface area contributed by atoms with Crippen LogP contribution < -0.4 is 0 Å². The second-order valence-corrected chi connectivity index (χ2v) is 5.75. The molecule has 0 spiro atoms. The summed E-state index contributed by atoms with van der Waals surface area (Å²) < 4.78 is 0. The lowest BCUT2D eigenvalue weighted by atomic mass is 10.0. The van der Waals surface area contributed by atoms with Gasteiger partial charge in [0.25, 0.3) is 0 Å². The molecule has 1 aromatic heterocycles. The lowest BCUT2D eigenvalue weighted by Crippen LogP contribution is -1.96. The Balaban J connectivity index is 2.17. The van der Waals surface area contributed by atoms with Crippen molar-refractivity contribution in [3.05, 3.63) is 56.7 Å². The van der Waals surface area contributed by atoms with Crippen LogP contribution in [0.25, 0.3) is 0 Å². The first-order chi connectivity index (χ1) is 7.66. The molecule has 1 aromatic carbocycles. The van der Waals surface area contributed by atoms with Crippen LogP contribution in [0, 0.1) is 6.92 Å². The molecule has 0 fully saturated rings. The highest BCUT2D eigenvalue weighted by atomic mass is 35.5. The Labute approximate surface area is 110 Å². The maximum Gasteiger partial charge on any atom is 0.0636 e. The molecule has 2 aromatic rings. The van der Waals surface area contributed by atoms with Crippen LogP contribution in [0.4, 0.5) is 0 Å². The van der Waals surface area contributed by atoms with Crippen molar-refractivity contribution in [2.24, 2.45) is 0 Å². The van der Waals surface area contributed by atoms with Gasteiger partial charge in [0.05, 0.1) is 5.38 Å². The molecule has 0 aliphatic rings. The second-order valence-electron chi connectivity index (χ2n) is 3.75. The third-order valence-electron chi connectivity index (χ3n) is 2.53. The third-order valence-corrected chi connectivity index (χ3v) is 4.05. The van der Waals surface area contributed by atoms with Crippen molar-refractivity contribution in [2.45, 2.75) is 18.7 Å². The van der Waals surface area contributed by atoms with Gasteiger partial charge in [-0.25, -0.2) is 0 Å². The molecule has 84 valence electrons. The molecule has 0 nitrogen and oxygen atoms in total. The number of rotatable bonds is 3. The Morgan fingerprint density at radius 3 is 2.75 bits per heavy atom. The zero-order valence-electron chi connectivity index (χ0n) is 8.91. The zero-order valence-corrected chi connectivity index (χ0v) is 11.2. The van der Waals surface area contributed by atoms with Crippen molar-refractivity contribution < 1.29 is 0 Å². The predicted octanol–water partition coefficient (Wildman–Crippen LogP) is 5.23. The van der Waals surface area contributed by atoms with Crippen molar-refractivity contribution in [1.29, 1.82) is 0 Å². The van der Waals surface area contributed by atoms with E-state index in [-0.39, 0.29) is 5.38 Å². The summed E-state index contributed by atoms with van der Waals surface area (Å²) in [5.41, 5.74) is 2.32. The molecule has 2 rings (SSSR count). The summed E-state index contributed by atoms with van der Waals surface area (Å²) in [6.07, 6.45) is 0.877. The average molecular weight is 271 g/mol. The van der Waals surface area contributed by atoms with Crippen LogP contribution in [0.1, 0.15) is 21.4 Å². The second kappa shape index (κ2) is 5.22. The molecule has 0 amide bonds. The number of alkyl halides is 1. The lowest BCUT2D eigenvalue weighted by molar-refractivity contribution is 0.927. The van der Waals surface area contributed by atoms with E-state index >= 15 is 0 Å². The van der Waals surface area contributed by atoms with Gasteiger partial charge in [0.1, 0.15) is 0 Å². The van der Waals surface area contributed by atoms with E-state index in [1.54, 1.807) is 11.3 Å². The van der Waals surface area contributed by atoms with E-state index < -0.39 is 0 Å². The Morgan fingerprint density at radius 1 is 1.31 bits per heavy atom. The van der Waals surface area contributed by atoms with Gasteiger partial charge >= 0.3 is 0 Å². The normalized spacial score (nSPS) is 12.7. The topological polar surface area (TPSA) is 0 Å². The minimum Gasteiger partial charge on any atom is -0.149 e. The minimum absolute atomic E-state index is 0.0240. The van der Waals surface area contributed by atoms with Crippen LogP contribution in [0.15, 0.2) is 35.7 Å². The van der Waals surface area contributed by atoms with Crippen molar-refractivity contribution in [3.63, 3.8) is 0 Å². The predicted molar refractivity (Wildman–Crippen MR) is 72.8 cm³/mol. The molecule has 1 heterocycles. The van der Waals surface area contributed by atoms with E-state index in [0.29, 0.717) is 0 Å². The highest BCUT2D eigenvalue weighted by Crippen LogP contribution is 2.30. The quantitative estimate of drug-likeness (QED) is 0.670. The van der Waals surface area contributed by atoms with Gasteiger partial charge in [0, 0.05) is 16.3 Å². The smallest absolute Gasteiger partial charge is 0.0636 e. The van der Waals surface area contributed by atoms with Crippen LogP contribution in [-0.4, -0.2) is 0 Å². The van der Waals surface area contributed by atoms with Crippen molar-refractivity contribution >= 4 is 34.5 Å². The summed E-state index contributed by atoms with van der Waals surface area (Å²) in [4.78, 5) is 1.31. The fourth-order valence-corrected chi connectivity index (χ4v) is 3.19. The van der Waals surface area contributed by atoms with Gasteiger partial charge in [-0.3, -0.25) is 0 Å². The molecule has 0 N–H and O–H groups in total. The summed E-state index contributed by atoms with van der Waals surface area (Å²) >= 11 is 14.1. The molecule has 0 aliphatic carbocycles. The molecular weight excluding hydrogens is 259 g/mol. The molecule has 1 atom stereocenters. The number of aryl methyl sites for hydroxylation is 1. The Kier molecular flexibility index (Phi) is 3.91. The summed E-state index contributed by atoms with van der Waals surface area (Å²) in [5, 5.41) is 2.87. The van der Waals surface area contributed by atoms with Gasteiger partial charge in [-0.1, -0.05) is 23.7 Å². The van der Waals surface area contributed by atoms with Gasteiger partial charge in [0.2, 0.25) is 0 Å². The number of hydrogen-bond acceptors (Lipinski definition) is 1. The molecule has 3 heteroatoms. The van der Waals surface area contributed by atoms with Crippen LogP contribution in [0.2, 0.25) is 5.02 Å². The molecule has 0 aliphatic heterocycles. The molecule has 1 unspecified atom stereocenters. The SMILES string of the molecule is Cc1cc(Cl)ccc1C(Cl)Cc1cccs1. The van der Waals surface area contributed by atoms with Crippen molar-refractivity contribution in [3.8, 4) is 0 Å². The molecule has 0 bridgehead atoms. The number of thiophene rings is 1. The van der Waals surface area contributed by atoms with E-state index in [1.807, 2.05) is 25.1 Å². The Morgan fingerprint density at radius 2 is 2.12 bits per heavy atom. The fourth-order valence-electron chi connectivity index (χ4n) is 1.71. The summed E-state index contributed by atoms with van der Waals surface area (Å²) in [5.74, 6) is 0. The van der Waals surface area contributed by atoms with Crippen LogP contribution >= 0.6 is 34.5 Å². The van der Waals surface area contributed by atoms with Gasteiger partial charge < -0.3 is 0 Å². The van der Waals surface area contributed by atoms with E-state index in [0.717, 1.165) is 17.0 Å². The first kappa shape index (κ1) is 12.0. The van der Waals surface area contributed by atoms with E-state index in [2.05, 4.69) is 17.5 Å². The highest BCUT2D eigenvalue weighted by molar-refractivity contribution is 7.09. The molecule has 0 radical (unpaired) electrons. The highest BCUT2D eigenvalue weighted by Gasteiger charge is 2.12. The van der Waals surface area contributed by atoms with Crippen LogP contribution in [-0.2, 0) is 6.42 Å². The van der Waals surface area contributed by atoms with Crippen molar-refractivity contribution in [1.82, 2.24) is 0 Å². The van der Waals surface area contributed by atoms with Crippen LogP contribution in [0.3, 0.4) is 0 Å². The number of benzene rings is 1. The first-order valence-electron chi connectivity index (χ1n) is 5.09. The molecule has 0 saturated carbocycles. The number of hydrogen-bond donors (Lipinski definition) is 0. The standard InChI is InChI=1S/C13H12Cl2S/c1-9-7-10(14)4-5-12(9)13(15)8-11-3-2-6-16-11/h2-7,13H,8H2,1H3. The van der Waals surface area contributed by atoms with Gasteiger partial charge in [-0.2, -0.15) is 0 Å². The van der Waals surface area contributed by atoms with E-state index in [4.69, 9.17) is 23.2 Å². The largest absolute Gasteiger partial charge is 0.149 e. The Bertz CT molecular complexity index is 463. The lowest BCUT2D eigenvalue weighted by Gasteiger charge is -2.12. The Hall–Kier alpha value is -0.500. The molecular formula is C13H12Cl2S. The molecule has 0 saturated heterocycles. The summed E-state index contributed by atoms with van der Waals surface area (Å²) in [6, 6.07) is 10.0. The van der Waals surface area contributed by atoms with Crippen LogP contribution in [0.5, 0.6) is 0 Å². The van der Waals surface area contributed by atoms with E-state index in [1.165, 1.54) is 10.4 Å². The fraction of sp³-hybridized carbons (Fsp3) is 0.231. The number of halogens is 2. The zero-order chi connectivity index (χ0) is 11.5. The molecule has 16 heavy (non-hydrogen) atoms. The third kappa shape index (κ3) is 2.79. The van der Waals surface area contributed by atoms with E-state index in [9.17, 15) is 0 Å².